The maximum atomic E-state index is 15.6. The molecule has 3 amide bonds. The van der Waals surface area contributed by atoms with E-state index in [4.69, 9.17) is 0 Å². The molecule has 4 heterocycles. The molecule has 0 radical (unpaired) electrons. The zero-order valence-corrected chi connectivity index (χ0v) is 19.9. The number of imide groups is 1. The van der Waals surface area contributed by atoms with Gasteiger partial charge in [-0.25, -0.2) is 8.78 Å². The lowest BCUT2D eigenvalue weighted by molar-refractivity contribution is -0.136. The summed E-state index contributed by atoms with van der Waals surface area (Å²) in [5.41, 5.74) is 1.03. The Balaban J connectivity index is 1.32. The highest BCUT2D eigenvalue weighted by atomic mass is 79.9. The summed E-state index contributed by atoms with van der Waals surface area (Å²) in [6, 6.07) is 4.03. The van der Waals surface area contributed by atoms with Crippen LogP contribution in [0, 0.1) is 11.6 Å². The molecule has 7 nitrogen and oxygen atoms in total. The van der Waals surface area contributed by atoms with Crippen molar-refractivity contribution in [3.8, 4) is 0 Å². The normalized spacial score (nSPS) is 21.7. The van der Waals surface area contributed by atoms with Gasteiger partial charge in [0.15, 0.2) is 0 Å². The zero-order chi connectivity index (χ0) is 24.0. The molecule has 2 aromatic rings. The maximum Gasteiger partial charge on any atom is 0.255 e. The Morgan fingerprint density at radius 1 is 1.15 bits per heavy atom. The standard InChI is InChI=1S/C24H23BrF2N4O3/c25-16-2-1-7-28-18(16)12-30-8-5-13(6-9-30)21-17(26)10-14-15(22(21)27)11-31(24(14)34)19-3-4-20(32)29-23(19)33/h1-2,7,10,13,19H,3-6,8-9,11-12H2,(H,29,32,33). The van der Waals surface area contributed by atoms with Crippen LogP contribution < -0.4 is 5.32 Å². The highest BCUT2D eigenvalue weighted by Crippen LogP contribution is 2.38. The molecule has 1 atom stereocenters. The summed E-state index contributed by atoms with van der Waals surface area (Å²) in [6.45, 7) is 1.89. The Hall–Kier alpha value is -2.72. The van der Waals surface area contributed by atoms with Gasteiger partial charge in [0.05, 0.1) is 17.8 Å². The van der Waals surface area contributed by atoms with E-state index in [0.717, 1.165) is 16.2 Å². The molecule has 1 aromatic carbocycles. The van der Waals surface area contributed by atoms with Crippen molar-refractivity contribution < 1.29 is 23.2 Å². The van der Waals surface area contributed by atoms with Gasteiger partial charge in [-0.05, 0) is 72.4 Å². The summed E-state index contributed by atoms with van der Waals surface area (Å²) in [4.78, 5) is 44.4. The van der Waals surface area contributed by atoms with E-state index in [-0.39, 0.29) is 42.0 Å². The monoisotopic (exact) mass is 532 g/mol. The van der Waals surface area contributed by atoms with E-state index < -0.39 is 35.4 Å². The molecule has 5 rings (SSSR count). The molecule has 0 saturated carbocycles. The second-order valence-corrected chi connectivity index (χ2v) is 9.85. The van der Waals surface area contributed by atoms with E-state index in [1.165, 1.54) is 4.90 Å². The summed E-state index contributed by atoms with van der Waals surface area (Å²) in [5, 5.41) is 2.22. The van der Waals surface area contributed by atoms with Crippen LogP contribution in [0.2, 0.25) is 0 Å². The van der Waals surface area contributed by atoms with E-state index in [0.29, 0.717) is 32.5 Å². The van der Waals surface area contributed by atoms with Crippen LogP contribution in [0.4, 0.5) is 8.78 Å². The minimum absolute atomic E-state index is 0.0235. The predicted molar refractivity (Wildman–Crippen MR) is 122 cm³/mol. The fourth-order valence-electron chi connectivity index (χ4n) is 5.15. The first-order chi connectivity index (χ1) is 16.3. The lowest BCUT2D eigenvalue weighted by Gasteiger charge is -2.32. The van der Waals surface area contributed by atoms with Gasteiger partial charge in [0, 0.05) is 34.8 Å². The number of pyridine rings is 1. The SMILES string of the molecule is O=C1CCC(N2Cc3c(cc(F)c(C4CCN(Cc5ncccc5Br)CC4)c3F)C2=O)C(=O)N1. The van der Waals surface area contributed by atoms with Gasteiger partial charge >= 0.3 is 0 Å². The molecule has 2 fully saturated rings. The minimum Gasteiger partial charge on any atom is -0.322 e. The number of hydrogen-bond acceptors (Lipinski definition) is 5. The largest absolute Gasteiger partial charge is 0.322 e. The third-order valence-electron chi connectivity index (χ3n) is 6.96. The van der Waals surface area contributed by atoms with Crippen molar-refractivity contribution in [1.29, 1.82) is 0 Å². The third kappa shape index (κ3) is 4.13. The number of amides is 3. The summed E-state index contributed by atoms with van der Waals surface area (Å²) in [6.07, 6.45) is 3.18. The lowest BCUT2D eigenvalue weighted by atomic mass is 9.86. The van der Waals surface area contributed by atoms with Crippen LogP contribution in [0.25, 0.3) is 0 Å². The molecule has 1 unspecified atom stereocenters. The lowest BCUT2D eigenvalue weighted by Crippen LogP contribution is -2.52. The van der Waals surface area contributed by atoms with Gasteiger partial charge in [0.25, 0.3) is 5.91 Å². The smallest absolute Gasteiger partial charge is 0.255 e. The highest BCUT2D eigenvalue weighted by Gasteiger charge is 2.42. The third-order valence-corrected chi connectivity index (χ3v) is 7.69. The van der Waals surface area contributed by atoms with E-state index in [1.54, 1.807) is 6.20 Å². The molecule has 0 spiro atoms. The number of carbonyl (C=O) groups is 3. The van der Waals surface area contributed by atoms with Crippen LogP contribution in [-0.2, 0) is 22.7 Å². The molecule has 0 bridgehead atoms. The molecular formula is C24H23BrF2N4O3. The van der Waals surface area contributed by atoms with Gasteiger partial charge in [-0.3, -0.25) is 29.6 Å². The molecule has 1 N–H and O–H groups in total. The molecule has 10 heteroatoms. The van der Waals surface area contributed by atoms with Crippen LogP contribution in [0.3, 0.4) is 0 Å². The van der Waals surface area contributed by atoms with Gasteiger partial charge in [0.2, 0.25) is 11.8 Å². The molecule has 3 aliphatic rings. The van der Waals surface area contributed by atoms with Gasteiger partial charge in [-0.15, -0.1) is 0 Å². The first-order valence-corrected chi connectivity index (χ1v) is 12.1. The Labute approximate surface area is 203 Å². The van der Waals surface area contributed by atoms with Gasteiger partial charge in [0.1, 0.15) is 17.7 Å². The van der Waals surface area contributed by atoms with Crippen molar-refractivity contribution in [2.24, 2.45) is 0 Å². The molecule has 0 aliphatic carbocycles. The van der Waals surface area contributed by atoms with Crippen LogP contribution >= 0.6 is 15.9 Å². The van der Waals surface area contributed by atoms with Crippen LogP contribution in [0.5, 0.6) is 0 Å². The topological polar surface area (TPSA) is 82.6 Å². The summed E-state index contributed by atoms with van der Waals surface area (Å²) < 4.78 is 31.6. The van der Waals surface area contributed by atoms with Crippen molar-refractivity contribution in [2.75, 3.05) is 13.1 Å². The number of benzene rings is 1. The average Bonchev–Trinajstić information content (AvgIpc) is 3.13. The summed E-state index contributed by atoms with van der Waals surface area (Å²) in [5.74, 6) is -3.26. The fraction of sp³-hybridized carbons (Fsp3) is 0.417. The van der Waals surface area contributed by atoms with Crippen LogP contribution in [-0.4, -0.2) is 51.6 Å². The summed E-state index contributed by atoms with van der Waals surface area (Å²) in [7, 11) is 0. The van der Waals surface area contributed by atoms with Gasteiger partial charge < -0.3 is 4.90 Å². The second kappa shape index (κ2) is 9.14. The molecule has 2 saturated heterocycles. The quantitative estimate of drug-likeness (QED) is 0.611. The summed E-state index contributed by atoms with van der Waals surface area (Å²) >= 11 is 3.50. The van der Waals surface area contributed by atoms with Crippen molar-refractivity contribution in [3.63, 3.8) is 0 Å². The zero-order valence-electron chi connectivity index (χ0n) is 18.3. The Kier molecular flexibility index (Phi) is 6.20. The number of likely N-dealkylation sites (tertiary alicyclic amines) is 1. The van der Waals surface area contributed by atoms with Crippen LogP contribution in [0.15, 0.2) is 28.9 Å². The van der Waals surface area contributed by atoms with E-state index in [1.807, 2.05) is 12.1 Å². The Bertz CT molecular complexity index is 1180. The van der Waals surface area contributed by atoms with Crippen molar-refractivity contribution in [2.45, 2.75) is 50.7 Å². The Morgan fingerprint density at radius 2 is 1.91 bits per heavy atom. The van der Waals surface area contributed by atoms with Gasteiger partial charge in [-0.2, -0.15) is 0 Å². The number of carbonyl (C=O) groups excluding carboxylic acids is 3. The van der Waals surface area contributed by atoms with E-state index in [9.17, 15) is 14.4 Å². The van der Waals surface area contributed by atoms with Crippen molar-refractivity contribution >= 4 is 33.7 Å². The van der Waals surface area contributed by atoms with Gasteiger partial charge in [-0.1, -0.05) is 0 Å². The number of halogens is 3. The molecule has 34 heavy (non-hydrogen) atoms. The number of nitrogens with zero attached hydrogens (tertiary/aromatic N) is 3. The molecule has 178 valence electrons. The number of rotatable bonds is 4. The Morgan fingerprint density at radius 3 is 2.62 bits per heavy atom. The number of aromatic nitrogens is 1. The molecular weight excluding hydrogens is 510 g/mol. The number of fused-ring (bicyclic) bond motifs is 1. The van der Waals surface area contributed by atoms with E-state index >= 15 is 8.78 Å². The second-order valence-electron chi connectivity index (χ2n) is 8.99. The molecule has 1 aromatic heterocycles. The first-order valence-electron chi connectivity index (χ1n) is 11.3. The number of piperidine rings is 2. The maximum absolute atomic E-state index is 15.6. The molecule has 3 aliphatic heterocycles. The van der Waals surface area contributed by atoms with E-state index in [2.05, 4.69) is 31.1 Å². The predicted octanol–water partition coefficient (Wildman–Crippen LogP) is 3.26. The fourth-order valence-corrected chi connectivity index (χ4v) is 5.53. The first kappa shape index (κ1) is 23.0. The number of hydrogen-bond donors (Lipinski definition) is 1. The minimum atomic E-state index is -0.863. The number of nitrogens with one attached hydrogen (secondary N) is 1. The van der Waals surface area contributed by atoms with Crippen LogP contribution in [0.1, 0.15) is 58.8 Å². The van der Waals surface area contributed by atoms with Crippen molar-refractivity contribution in [3.05, 3.63) is 62.9 Å². The average molecular weight is 533 g/mol. The van der Waals surface area contributed by atoms with Crippen molar-refractivity contribution in [1.82, 2.24) is 20.1 Å². The highest BCUT2D eigenvalue weighted by molar-refractivity contribution is 9.10.